The van der Waals surface area contributed by atoms with Crippen LogP contribution in [0.4, 0.5) is 18.9 Å². The van der Waals surface area contributed by atoms with Gasteiger partial charge < -0.3 is 10.1 Å². The first-order valence-corrected chi connectivity index (χ1v) is 8.75. The smallest absolute Gasteiger partial charge is 0.416 e. The summed E-state index contributed by atoms with van der Waals surface area (Å²) in [7, 11) is 1.32. The summed E-state index contributed by atoms with van der Waals surface area (Å²) < 4.78 is 44.6. The first-order valence-electron chi connectivity index (χ1n) is 8.75. The molecule has 29 heavy (non-hydrogen) atoms. The Morgan fingerprint density at radius 1 is 1.07 bits per heavy atom. The van der Waals surface area contributed by atoms with Gasteiger partial charge in [0.25, 0.3) is 17.7 Å². The van der Waals surface area contributed by atoms with Crippen molar-refractivity contribution in [1.82, 2.24) is 4.90 Å². The molecule has 0 saturated carbocycles. The molecular weight excluding hydrogens is 389 g/mol. The lowest BCUT2D eigenvalue weighted by molar-refractivity contribution is -0.137. The topological polar surface area (TPSA) is 75.7 Å². The number of hydrogen-bond acceptors (Lipinski definition) is 4. The van der Waals surface area contributed by atoms with Gasteiger partial charge in [0.15, 0.2) is 0 Å². The summed E-state index contributed by atoms with van der Waals surface area (Å²) in [5.41, 5.74) is -0.818. The molecule has 1 N–H and O–H groups in total. The summed E-state index contributed by atoms with van der Waals surface area (Å²) in [4.78, 5) is 37.6. The van der Waals surface area contributed by atoms with Crippen molar-refractivity contribution in [3.63, 3.8) is 0 Å². The van der Waals surface area contributed by atoms with E-state index in [0.29, 0.717) is 6.42 Å². The third kappa shape index (κ3) is 3.94. The van der Waals surface area contributed by atoms with Gasteiger partial charge in [0, 0.05) is 12.6 Å². The van der Waals surface area contributed by atoms with Gasteiger partial charge in [0.1, 0.15) is 5.75 Å². The van der Waals surface area contributed by atoms with E-state index in [4.69, 9.17) is 4.74 Å². The zero-order chi connectivity index (χ0) is 21.3. The Bertz CT molecular complexity index is 1000. The van der Waals surface area contributed by atoms with Crippen molar-refractivity contribution in [1.29, 1.82) is 0 Å². The van der Waals surface area contributed by atoms with Crippen molar-refractivity contribution < 1.29 is 32.3 Å². The molecule has 1 aliphatic rings. The van der Waals surface area contributed by atoms with Crippen molar-refractivity contribution in [2.75, 3.05) is 19.0 Å². The molecule has 2 aromatic carbocycles. The maximum absolute atomic E-state index is 13.1. The molecule has 0 bridgehead atoms. The highest BCUT2D eigenvalue weighted by atomic mass is 19.4. The van der Waals surface area contributed by atoms with Gasteiger partial charge in [-0.1, -0.05) is 6.92 Å². The van der Waals surface area contributed by atoms with Gasteiger partial charge in [0.05, 0.1) is 29.0 Å². The van der Waals surface area contributed by atoms with E-state index >= 15 is 0 Å². The fraction of sp³-hybridized carbons (Fsp3) is 0.250. The highest BCUT2D eigenvalue weighted by Gasteiger charge is 2.34. The Kier molecular flexibility index (Phi) is 5.32. The number of imide groups is 1. The molecule has 0 unspecified atom stereocenters. The minimum absolute atomic E-state index is 0.0269. The van der Waals surface area contributed by atoms with E-state index in [1.807, 2.05) is 6.92 Å². The van der Waals surface area contributed by atoms with Gasteiger partial charge in [0.2, 0.25) is 0 Å². The number of fused-ring (bicyclic) bond motifs is 1. The number of benzene rings is 2. The van der Waals surface area contributed by atoms with Crippen LogP contribution in [0.15, 0.2) is 36.4 Å². The molecule has 9 heteroatoms. The molecule has 1 heterocycles. The van der Waals surface area contributed by atoms with E-state index < -0.39 is 29.5 Å². The van der Waals surface area contributed by atoms with E-state index in [1.165, 1.54) is 25.2 Å². The van der Waals surface area contributed by atoms with Crippen LogP contribution in [-0.4, -0.2) is 36.3 Å². The molecule has 0 fully saturated rings. The quantitative estimate of drug-likeness (QED) is 0.763. The highest BCUT2D eigenvalue weighted by molar-refractivity contribution is 6.22. The number of carbonyl (C=O) groups excluding carboxylic acids is 3. The Labute approximate surface area is 164 Å². The number of nitrogens with zero attached hydrogens (tertiary/aromatic N) is 1. The number of anilines is 1. The molecule has 0 aliphatic carbocycles. The first kappa shape index (κ1) is 20.4. The van der Waals surface area contributed by atoms with E-state index in [9.17, 15) is 27.6 Å². The average molecular weight is 406 g/mol. The lowest BCUT2D eigenvalue weighted by Gasteiger charge is -2.15. The molecular formula is C20H17F3N2O4. The molecule has 0 spiro atoms. The van der Waals surface area contributed by atoms with Gasteiger partial charge in [-0.15, -0.1) is 0 Å². The number of halogens is 3. The number of amides is 3. The summed E-state index contributed by atoms with van der Waals surface area (Å²) in [6.45, 7) is 2.10. The van der Waals surface area contributed by atoms with Crippen molar-refractivity contribution in [3.05, 3.63) is 58.7 Å². The van der Waals surface area contributed by atoms with E-state index in [1.54, 1.807) is 0 Å². The third-order valence-electron chi connectivity index (χ3n) is 4.37. The largest absolute Gasteiger partial charge is 0.491 e. The Hall–Kier alpha value is -3.36. The molecule has 152 valence electrons. The van der Waals surface area contributed by atoms with Gasteiger partial charge >= 0.3 is 6.18 Å². The Balaban J connectivity index is 1.92. The van der Waals surface area contributed by atoms with Crippen molar-refractivity contribution in [2.45, 2.75) is 19.5 Å². The lowest BCUT2D eigenvalue weighted by Crippen LogP contribution is -2.24. The molecule has 0 aromatic heterocycles. The monoisotopic (exact) mass is 406 g/mol. The number of ether oxygens (including phenoxy) is 1. The first-order chi connectivity index (χ1) is 13.6. The van der Waals surface area contributed by atoms with E-state index in [2.05, 4.69) is 5.32 Å². The van der Waals surface area contributed by atoms with Crippen LogP contribution >= 0.6 is 0 Å². The fourth-order valence-electron chi connectivity index (χ4n) is 2.84. The maximum Gasteiger partial charge on any atom is 0.416 e. The fourth-order valence-corrected chi connectivity index (χ4v) is 2.84. The van der Waals surface area contributed by atoms with Crippen LogP contribution < -0.4 is 10.1 Å². The second-order valence-corrected chi connectivity index (χ2v) is 6.44. The van der Waals surface area contributed by atoms with Crippen LogP contribution in [0.1, 0.15) is 50.0 Å². The number of nitrogens with one attached hydrogen (secondary N) is 1. The Morgan fingerprint density at radius 2 is 1.76 bits per heavy atom. The minimum Gasteiger partial charge on any atom is -0.491 e. The molecule has 1 aliphatic heterocycles. The predicted octanol–water partition coefficient (Wildman–Crippen LogP) is 3.97. The zero-order valence-corrected chi connectivity index (χ0v) is 15.6. The highest BCUT2D eigenvalue weighted by Crippen LogP contribution is 2.35. The second kappa shape index (κ2) is 7.57. The normalized spacial score (nSPS) is 13.5. The molecule has 2 aromatic rings. The molecule has 3 amide bonds. The Morgan fingerprint density at radius 3 is 2.41 bits per heavy atom. The van der Waals surface area contributed by atoms with Crippen LogP contribution in [0.5, 0.6) is 5.75 Å². The van der Waals surface area contributed by atoms with Crippen molar-refractivity contribution in [2.24, 2.45) is 0 Å². The zero-order valence-electron chi connectivity index (χ0n) is 15.6. The van der Waals surface area contributed by atoms with Crippen molar-refractivity contribution in [3.8, 4) is 5.75 Å². The number of rotatable bonds is 5. The van der Waals surface area contributed by atoms with Gasteiger partial charge in [-0.2, -0.15) is 13.2 Å². The molecule has 0 saturated heterocycles. The second-order valence-electron chi connectivity index (χ2n) is 6.44. The maximum atomic E-state index is 13.1. The van der Waals surface area contributed by atoms with Gasteiger partial charge in [-0.05, 0) is 42.8 Å². The van der Waals surface area contributed by atoms with E-state index in [0.717, 1.165) is 23.1 Å². The molecule has 6 nitrogen and oxygen atoms in total. The summed E-state index contributed by atoms with van der Waals surface area (Å²) in [6.07, 6.45) is -3.96. The number of alkyl halides is 3. The SMILES string of the molecule is CCCOc1ccc(C(F)(F)F)cc1NC(=O)c1ccc2c(c1)C(=O)N(C)C2=O. The predicted molar refractivity (Wildman–Crippen MR) is 98.0 cm³/mol. The lowest BCUT2D eigenvalue weighted by atomic mass is 10.0. The molecule has 3 rings (SSSR count). The number of carbonyl (C=O) groups is 3. The summed E-state index contributed by atoms with van der Waals surface area (Å²) >= 11 is 0. The standard InChI is InChI=1S/C20H17F3N2O4/c1-3-8-29-16-7-5-12(20(21,22)23)10-15(16)24-17(26)11-4-6-13-14(9-11)19(28)25(2)18(13)27/h4-7,9-10H,3,8H2,1-2H3,(H,24,26). The van der Waals surface area contributed by atoms with Crippen LogP contribution in [0.25, 0.3) is 0 Å². The molecule has 0 radical (unpaired) electrons. The van der Waals surface area contributed by atoms with Gasteiger partial charge in [-0.25, -0.2) is 0 Å². The summed E-state index contributed by atoms with van der Waals surface area (Å²) in [5, 5.41) is 2.40. The van der Waals surface area contributed by atoms with Gasteiger partial charge in [-0.3, -0.25) is 19.3 Å². The third-order valence-corrected chi connectivity index (χ3v) is 4.37. The van der Waals surface area contributed by atoms with Crippen LogP contribution in [0.2, 0.25) is 0 Å². The average Bonchev–Trinajstić information content (AvgIpc) is 2.90. The van der Waals surface area contributed by atoms with E-state index in [-0.39, 0.29) is 34.7 Å². The minimum atomic E-state index is -4.59. The van der Waals surface area contributed by atoms with Crippen molar-refractivity contribution >= 4 is 23.4 Å². The van der Waals surface area contributed by atoms with Crippen LogP contribution in [0, 0.1) is 0 Å². The van der Waals surface area contributed by atoms with Crippen LogP contribution in [-0.2, 0) is 6.18 Å². The summed E-state index contributed by atoms with van der Waals surface area (Å²) in [6, 6.07) is 6.73. The number of hydrogen-bond donors (Lipinski definition) is 1. The molecule has 0 atom stereocenters. The summed E-state index contributed by atoms with van der Waals surface area (Å²) in [5.74, 6) is -1.67. The van der Waals surface area contributed by atoms with Crippen LogP contribution in [0.3, 0.4) is 0 Å².